The Kier molecular flexibility index (Phi) is 4.98. The lowest BCUT2D eigenvalue weighted by Gasteiger charge is -2.13. The Labute approximate surface area is 163 Å². The van der Waals surface area contributed by atoms with E-state index in [2.05, 4.69) is 10.4 Å². The van der Waals surface area contributed by atoms with Crippen LogP contribution in [0.5, 0.6) is 0 Å². The first kappa shape index (κ1) is 18.4. The van der Waals surface area contributed by atoms with Crippen LogP contribution in [0.15, 0.2) is 24.3 Å². The molecule has 1 saturated heterocycles. The molecule has 4 rings (SSSR count). The number of hydrogen-bond acceptors (Lipinski definition) is 4. The van der Waals surface area contributed by atoms with Crippen molar-refractivity contribution in [3.05, 3.63) is 46.8 Å². The van der Waals surface area contributed by atoms with Gasteiger partial charge in [0.1, 0.15) is 0 Å². The Bertz CT molecular complexity index is 931. The molecule has 1 aliphatic heterocycles. The molecule has 1 fully saturated rings. The number of aromatic nitrogens is 2. The summed E-state index contributed by atoms with van der Waals surface area (Å²) in [6.07, 6.45) is 3.95. The van der Waals surface area contributed by atoms with Crippen LogP contribution in [0.1, 0.15) is 53.0 Å². The maximum Gasteiger partial charge on any atom is 0.272 e. The molecule has 7 nitrogen and oxygen atoms in total. The monoisotopic (exact) mass is 380 g/mol. The fraction of sp³-hybridized carbons (Fsp3) is 0.429. The van der Waals surface area contributed by atoms with Crippen LogP contribution in [-0.4, -0.2) is 45.5 Å². The second-order valence-electron chi connectivity index (χ2n) is 7.37. The molecule has 1 aromatic heterocycles. The number of carbonyl (C=O) groups excluding carboxylic acids is 3. The fourth-order valence-corrected chi connectivity index (χ4v) is 4.02. The van der Waals surface area contributed by atoms with E-state index in [1.54, 1.807) is 0 Å². The zero-order valence-electron chi connectivity index (χ0n) is 16.0. The number of likely N-dealkylation sites (tertiary alicyclic amines) is 1. The summed E-state index contributed by atoms with van der Waals surface area (Å²) in [6.45, 7) is 2.80. The molecular formula is C21H24N4O3. The Morgan fingerprint density at radius 2 is 1.86 bits per heavy atom. The summed E-state index contributed by atoms with van der Waals surface area (Å²) < 4.78 is 1.91. The van der Waals surface area contributed by atoms with E-state index in [4.69, 9.17) is 0 Å². The smallest absolute Gasteiger partial charge is 0.272 e. The molecule has 1 aliphatic carbocycles. The van der Waals surface area contributed by atoms with Crippen molar-refractivity contribution in [3.63, 3.8) is 0 Å². The largest absolute Gasteiger partial charge is 0.351 e. The molecule has 7 heteroatoms. The van der Waals surface area contributed by atoms with Gasteiger partial charge in [0, 0.05) is 37.2 Å². The van der Waals surface area contributed by atoms with Crippen molar-refractivity contribution in [2.45, 2.75) is 45.4 Å². The highest BCUT2D eigenvalue weighted by molar-refractivity contribution is 6.01. The van der Waals surface area contributed by atoms with E-state index in [1.165, 1.54) is 4.90 Å². The van der Waals surface area contributed by atoms with E-state index >= 15 is 0 Å². The lowest BCUT2D eigenvalue weighted by atomic mass is 10.2. The second kappa shape index (κ2) is 7.58. The van der Waals surface area contributed by atoms with E-state index in [0.29, 0.717) is 38.0 Å². The third-order valence-corrected chi connectivity index (χ3v) is 5.49. The van der Waals surface area contributed by atoms with E-state index in [-0.39, 0.29) is 17.7 Å². The van der Waals surface area contributed by atoms with Crippen LogP contribution in [0.25, 0.3) is 5.69 Å². The Hall–Kier alpha value is -2.96. The fourth-order valence-electron chi connectivity index (χ4n) is 4.02. The number of para-hydroxylation sites is 1. The molecule has 0 atom stereocenters. The highest BCUT2D eigenvalue weighted by Crippen LogP contribution is 2.28. The van der Waals surface area contributed by atoms with Crippen LogP contribution in [0.3, 0.4) is 0 Å². The molecular weight excluding hydrogens is 356 g/mol. The van der Waals surface area contributed by atoms with Crippen LogP contribution in [0.2, 0.25) is 0 Å². The molecule has 3 amide bonds. The Balaban J connectivity index is 1.44. The van der Waals surface area contributed by atoms with Crippen LogP contribution >= 0.6 is 0 Å². The maximum absolute atomic E-state index is 12.7. The average Bonchev–Trinajstić information content (AvgIpc) is 3.36. The zero-order valence-corrected chi connectivity index (χ0v) is 16.0. The Morgan fingerprint density at radius 3 is 2.61 bits per heavy atom. The van der Waals surface area contributed by atoms with Gasteiger partial charge in [-0.1, -0.05) is 18.2 Å². The van der Waals surface area contributed by atoms with Crippen molar-refractivity contribution in [3.8, 4) is 5.69 Å². The van der Waals surface area contributed by atoms with E-state index in [0.717, 1.165) is 41.8 Å². The number of nitrogens with zero attached hydrogens (tertiary/aromatic N) is 3. The summed E-state index contributed by atoms with van der Waals surface area (Å²) in [5.74, 6) is -0.429. The van der Waals surface area contributed by atoms with Crippen LogP contribution in [0, 0.1) is 6.92 Å². The lowest BCUT2D eigenvalue weighted by molar-refractivity contribution is -0.138. The zero-order chi connectivity index (χ0) is 19.7. The van der Waals surface area contributed by atoms with Gasteiger partial charge in [0.15, 0.2) is 5.69 Å². The molecule has 146 valence electrons. The van der Waals surface area contributed by atoms with Gasteiger partial charge in [-0.15, -0.1) is 0 Å². The van der Waals surface area contributed by atoms with Crippen molar-refractivity contribution in [2.75, 3.05) is 13.1 Å². The van der Waals surface area contributed by atoms with E-state index in [1.807, 2.05) is 35.9 Å². The van der Waals surface area contributed by atoms with Gasteiger partial charge in [-0.05, 0) is 44.2 Å². The molecule has 2 aliphatic rings. The normalized spacial score (nSPS) is 16.0. The number of carbonyl (C=O) groups is 3. The molecule has 1 aromatic carbocycles. The predicted octanol–water partition coefficient (Wildman–Crippen LogP) is 1.94. The van der Waals surface area contributed by atoms with E-state index in [9.17, 15) is 14.4 Å². The molecule has 2 heterocycles. The van der Waals surface area contributed by atoms with Crippen molar-refractivity contribution in [2.24, 2.45) is 0 Å². The third-order valence-electron chi connectivity index (χ3n) is 5.49. The maximum atomic E-state index is 12.7. The molecule has 0 radical (unpaired) electrons. The first-order valence-electron chi connectivity index (χ1n) is 9.84. The predicted molar refractivity (Wildman–Crippen MR) is 103 cm³/mol. The quantitative estimate of drug-likeness (QED) is 0.613. The number of imide groups is 1. The second-order valence-corrected chi connectivity index (χ2v) is 7.37. The van der Waals surface area contributed by atoms with Gasteiger partial charge >= 0.3 is 0 Å². The highest BCUT2D eigenvalue weighted by Gasteiger charge is 2.29. The number of nitrogens with one attached hydrogen (secondary N) is 1. The molecule has 0 spiro atoms. The van der Waals surface area contributed by atoms with Gasteiger partial charge in [-0.25, -0.2) is 4.68 Å². The summed E-state index contributed by atoms with van der Waals surface area (Å²) in [5.41, 5.74) is 4.76. The van der Waals surface area contributed by atoms with Crippen LogP contribution in [-0.2, 0) is 22.4 Å². The lowest BCUT2D eigenvalue weighted by Crippen LogP contribution is -2.33. The summed E-state index contributed by atoms with van der Waals surface area (Å²) in [5, 5.41) is 7.53. The van der Waals surface area contributed by atoms with Gasteiger partial charge in [0.25, 0.3) is 5.91 Å². The molecule has 1 N–H and O–H groups in total. The summed E-state index contributed by atoms with van der Waals surface area (Å²) in [4.78, 5) is 37.3. The summed E-state index contributed by atoms with van der Waals surface area (Å²) in [6, 6.07) is 8.03. The third kappa shape index (κ3) is 3.32. The van der Waals surface area contributed by atoms with Crippen molar-refractivity contribution < 1.29 is 14.4 Å². The molecule has 0 saturated carbocycles. The van der Waals surface area contributed by atoms with E-state index < -0.39 is 0 Å². The number of benzene rings is 1. The van der Waals surface area contributed by atoms with Crippen LogP contribution < -0.4 is 5.32 Å². The standard InChI is InChI=1S/C21H24N4O3/c1-14-6-2-3-8-16(14)25-17-9-4-7-15(17)20(23-25)21(28)22-12-5-13-24-18(26)10-11-19(24)27/h2-3,6,8H,4-5,7,9-13H2,1H3,(H,22,28). The van der Waals surface area contributed by atoms with Gasteiger partial charge < -0.3 is 5.32 Å². The minimum absolute atomic E-state index is 0.119. The number of amides is 3. The van der Waals surface area contributed by atoms with Gasteiger partial charge in [-0.2, -0.15) is 5.10 Å². The molecule has 28 heavy (non-hydrogen) atoms. The molecule has 0 bridgehead atoms. The van der Waals surface area contributed by atoms with Gasteiger partial charge in [-0.3, -0.25) is 19.3 Å². The average molecular weight is 380 g/mol. The summed E-state index contributed by atoms with van der Waals surface area (Å²) >= 11 is 0. The Morgan fingerprint density at radius 1 is 1.11 bits per heavy atom. The molecule has 0 unspecified atom stereocenters. The first-order valence-corrected chi connectivity index (χ1v) is 9.84. The van der Waals surface area contributed by atoms with Crippen molar-refractivity contribution in [1.82, 2.24) is 20.0 Å². The first-order chi connectivity index (χ1) is 13.6. The SMILES string of the molecule is Cc1ccccc1-n1nc(C(=O)NCCCN2C(=O)CCC2=O)c2c1CCC2. The summed E-state index contributed by atoms with van der Waals surface area (Å²) in [7, 11) is 0. The molecule has 2 aromatic rings. The van der Waals surface area contributed by atoms with Crippen molar-refractivity contribution >= 4 is 17.7 Å². The minimum Gasteiger partial charge on any atom is -0.351 e. The van der Waals surface area contributed by atoms with Crippen molar-refractivity contribution in [1.29, 1.82) is 0 Å². The number of rotatable bonds is 6. The minimum atomic E-state index is -0.190. The number of fused-ring (bicyclic) bond motifs is 1. The highest BCUT2D eigenvalue weighted by atomic mass is 16.2. The topological polar surface area (TPSA) is 84.3 Å². The van der Waals surface area contributed by atoms with Gasteiger partial charge in [0.05, 0.1) is 5.69 Å². The van der Waals surface area contributed by atoms with Gasteiger partial charge in [0.2, 0.25) is 11.8 Å². The number of aryl methyl sites for hydroxylation is 1. The van der Waals surface area contributed by atoms with Crippen LogP contribution in [0.4, 0.5) is 0 Å². The number of hydrogen-bond donors (Lipinski definition) is 1.